The number of pyridine rings is 1. The van der Waals surface area contributed by atoms with Crippen molar-refractivity contribution >= 4 is 40.1 Å². The number of hydrogen-bond acceptors (Lipinski definition) is 12. The summed E-state index contributed by atoms with van der Waals surface area (Å²) >= 11 is 0. The van der Waals surface area contributed by atoms with Crippen LogP contribution < -0.4 is 19.9 Å². The van der Waals surface area contributed by atoms with Gasteiger partial charge in [0.2, 0.25) is 17.7 Å². The maximum absolute atomic E-state index is 16.3. The second-order valence-corrected chi connectivity index (χ2v) is 17.9. The van der Waals surface area contributed by atoms with Gasteiger partial charge in [-0.05, 0) is 69.9 Å². The number of ether oxygens (including phenoxy) is 1. The van der Waals surface area contributed by atoms with Gasteiger partial charge in [0, 0.05) is 101 Å². The van der Waals surface area contributed by atoms with Crippen molar-refractivity contribution in [3.05, 3.63) is 53.7 Å². The number of carbonyl (C=O) groups excluding carboxylic acids is 3. The summed E-state index contributed by atoms with van der Waals surface area (Å²) in [5.74, 6) is 0.295. The predicted octanol–water partition coefficient (Wildman–Crippen LogP) is 4.09. The van der Waals surface area contributed by atoms with Gasteiger partial charge in [-0.2, -0.15) is 5.10 Å². The first-order valence-corrected chi connectivity index (χ1v) is 21.4. The van der Waals surface area contributed by atoms with E-state index < -0.39 is 29.3 Å². The van der Waals surface area contributed by atoms with Gasteiger partial charge in [-0.1, -0.05) is 0 Å². The van der Waals surface area contributed by atoms with E-state index in [9.17, 15) is 14.4 Å². The Morgan fingerprint density at radius 3 is 2.42 bits per heavy atom. The van der Waals surface area contributed by atoms with E-state index in [1.54, 1.807) is 24.7 Å². The zero-order valence-corrected chi connectivity index (χ0v) is 34.0. The molecule has 316 valence electrons. The third-order valence-corrected chi connectivity index (χ3v) is 13.7. The molecule has 4 saturated heterocycles. The summed E-state index contributed by atoms with van der Waals surface area (Å²) in [5, 5.41) is 10.8. The number of halogens is 2. The quantitative estimate of drug-likeness (QED) is 0.222. The maximum atomic E-state index is 16.3. The first kappa shape index (κ1) is 38.9. The highest BCUT2D eigenvalue weighted by Crippen LogP contribution is 2.40. The molecule has 3 aromatic heterocycles. The van der Waals surface area contributed by atoms with Gasteiger partial charge in [0.15, 0.2) is 5.82 Å². The fourth-order valence-corrected chi connectivity index (χ4v) is 9.72. The summed E-state index contributed by atoms with van der Waals surface area (Å²) in [6.07, 6.45) is 8.87. The standard InChI is InChI=1S/C43H51F2N11O4/c1-42(8-9-42)60-37-20-29-32(22-46-37)50-51-39(29)31-21-35(48-26-47-31)55-12-6-27(7-13-55)23-52-14-10-43(45,11-15-52)25-53-16-18-54(19-17-53)33-3-2-28-30(38(33)44)24-56(41(28)59)34-4-5-36(57)49-40(34)58/h2-3,20-22,26-27,34H,4-19,23-25H2,1H3,(H,50,51)(H,49,57,58). The number of nitrogens with zero attached hydrogens (tertiary/aromatic N) is 9. The van der Waals surface area contributed by atoms with Crippen LogP contribution in [0.5, 0.6) is 5.88 Å². The lowest BCUT2D eigenvalue weighted by Crippen LogP contribution is -2.54. The van der Waals surface area contributed by atoms with Gasteiger partial charge in [-0.3, -0.25) is 29.7 Å². The van der Waals surface area contributed by atoms with E-state index >= 15 is 8.78 Å². The molecular weight excluding hydrogens is 773 g/mol. The van der Waals surface area contributed by atoms with Crippen molar-refractivity contribution in [2.45, 2.75) is 82.1 Å². The molecule has 6 aliphatic rings. The van der Waals surface area contributed by atoms with Crippen LogP contribution in [0.4, 0.5) is 20.3 Å². The molecule has 4 aromatic rings. The highest BCUT2D eigenvalue weighted by molar-refractivity contribution is 6.05. The predicted molar refractivity (Wildman–Crippen MR) is 219 cm³/mol. The van der Waals surface area contributed by atoms with E-state index in [0.29, 0.717) is 63.1 Å². The van der Waals surface area contributed by atoms with Crippen LogP contribution in [-0.4, -0.2) is 140 Å². The number of aromatic nitrogens is 5. The Bertz CT molecular complexity index is 2310. The zero-order valence-electron chi connectivity index (χ0n) is 34.0. The SMILES string of the molecule is CC1(Oc2cc3c(-c4cc(N5CCC(CN6CCC(F)(CN7CCN(c8ccc9c(c8F)CN(C8CCC(=O)NC8=O)C9=O)CC7)CC6)CC5)ncn4)n[nH]c3cn2)CC1. The van der Waals surface area contributed by atoms with Gasteiger partial charge in [-0.15, -0.1) is 0 Å². The molecule has 0 bridgehead atoms. The van der Waals surface area contributed by atoms with Crippen molar-refractivity contribution < 1.29 is 27.9 Å². The largest absolute Gasteiger partial charge is 0.471 e. The summed E-state index contributed by atoms with van der Waals surface area (Å²) in [6, 6.07) is 6.44. The van der Waals surface area contributed by atoms with E-state index in [1.165, 1.54) is 4.90 Å². The average molecular weight is 824 g/mol. The first-order valence-electron chi connectivity index (χ1n) is 21.4. The van der Waals surface area contributed by atoms with Crippen LogP contribution in [0.25, 0.3) is 22.3 Å². The average Bonchev–Trinajstić information content (AvgIpc) is 3.66. The second-order valence-electron chi connectivity index (χ2n) is 17.9. The number of amides is 3. The number of aromatic amines is 1. The molecule has 1 atom stereocenters. The molecule has 5 fully saturated rings. The summed E-state index contributed by atoms with van der Waals surface area (Å²) in [7, 11) is 0. The highest BCUT2D eigenvalue weighted by Gasteiger charge is 2.43. The molecule has 1 unspecified atom stereocenters. The summed E-state index contributed by atoms with van der Waals surface area (Å²) in [5.41, 5.74) is 1.91. The molecule has 0 spiro atoms. The Kier molecular flexibility index (Phi) is 9.92. The summed E-state index contributed by atoms with van der Waals surface area (Å²) in [4.78, 5) is 61.1. The van der Waals surface area contributed by atoms with E-state index in [1.807, 2.05) is 17.0 Å². The molecule has 15 nitrogen and oxygen atoms in total. The lowest BCUT2D eigenvalue weighted by atomic mass is 9.90. The zero-order chi connectivity index (χ0) is 41.2. The smallest absolute Gasteiger partial charge is 0.255 e. The molecule has 8 heterocycles. The van der Waals surface area contributed by atoms with Gasteiger partial charge in [-0.25, -0.2) is 23.7 Å². The Hall–Kier alpha value is -5.29. The highest BCUT2D eigenvalue weighted by atomic mass is 19.1. The van der Waals surface area contributed by atoms with Crippen molar-refractivity contribution in [2.75, 3.05) is 75.2 Å². The number of piperazine rings is 1. The maximum Gasteiger partial charge on any atom is 0.255 e. The van der Waals surface area contributed by atoms with Crippen LogP contribution in [0.3, 0.4) is 0 Å². The molecule has 1 aromatic carbocycles. The van der Waals surface area contributed by atoms with Gasteiger partial charge in [0.25, 0.3) is 5.91 Å². The molecule has 5 aliphatic heterocycles. The number of piperidine rings is 3. The lowest BCUT2D eigenvalue weighted by molar-refractivity contribution is -0.136. The summed E-state index contributed by atoms with van der Waals surface area (Å²) < 4.78 is 38.4. The molecule has 1 aliphatic carbocycles. The molecular formula is C43H51F2N11O4. The minimum Gasteiger partial charge on any atom is -0.471 e. The third-order valence-electron chi connectivity index (χ3n) is 13.7. The monoisotopic (exact) mass is 823 g/mol. The molecule has 17 heteroatoms. The molecule has 1 saturated carbocycles. The number of nitrogens with one attached hydrogen (secondary N) is 2. The number of imide groups is 1. The van der Waals surface area contributed by atoms with Crippen molar-refractivity contribution in [2.24, 2.45) is 5.92 Å². The van der Waals surface area contributed by atoms with E-state index in [4.69, 9.17) is 4.74 Å². The fraction of sp³-hybridized carbons (Fsp3) is 0.558. The Labute approximate surface area is 346 Å². The topological polar surface area (TPSA) is 156 Å². The molecule has 3 amide bonds. The Balaban J connectivity index is 0.680. The van der Waals surface area contributed by atoms with Gasteiger partial charge in [0.05, 0.1) is 29.6 Å². The second kappa shape index (κ2) is 15.3. The van der Waals surface area contributed by atoms with Crippen molar-refractivity contribution in [1.82, 2.24) is 45.2 Å². The number of fused-ring (bicyclic) bond motifs is 2. The minimum absolute atomic E-state index is 0.00845. The third kappa shape index (κ3) is 7.65. The van der Waals surface area contributed by atoms with Crippen LogP contribution in [-0.2, 0) is 16.1 Å². The number of H-pyrrole nitrogens is 1. The number of alkyl halides is 1. The minimum atomic E-state index is -1.26. The number of benzene rings is 1. The van der Waals surface area contributed by atoms with Crippen LogP contribution in [0.15, 0.2) is 36.8 Å². The van der Waals surface area contributed by atoms with Crippen molar-refractivity contribution in [1.29, 1.82) is 0 Å². The van der Waals surface area contributed by atoms with Crippen LogP contribution in [0, 0.1) is 11.7 Å². The number of carbonyl (C=O) groups is 3. The fourth-order valence-electron chi connectivity index (χ4n) is 9.72. The van der Waals surface area contributed by atoms with E-state index in [0.717, 1.165) is 86.5 Å². The normalized spacial score (nSPS) is 23.6. The molecule has 10 rings (SSSR count). The van der Waals surface area contributed by atoms with Gasteiger partial charge in [0.1, 0.15) is 35.2 Å². The lowest BCUT2D eigenvalue weighted by Gasteiger charge is -2.43. The first-order chi connectivity index (χ1) is 29.0. The Morgan fingerprint density at radius 2 is 1.67 bits per heavy atom. The molecule has 0 radical (unpaired) electrons. The van der Waals surface area contributed by atoms with E-state index in [2.05, 4.69) is 52.1 Å². The number of anilines is 2. The van der Waals surface area contributed by atoms with Crippen molar-refractivity contribution in [3.8, 4) is 17.3 Å². The van der Waals surface area contributed by atoms with Gasteiger partial charge >= 0.3 is 0 Å². The molecule has 2 N–H and O–H groups in total. The van der Waals surface area contributed by atoms with E-state index in [-0.39, 0.29) is 42.0 Å². The van der Waals surface area contributed by atoms with Crippen LogP contribution in [0.2, 0.25) is 0 Å². The Morgan fingerprint density at radius 1 is 0.883 bits per heavy atom. The summed E-state index contributed by atoms with van der Waals surface area (Å²) in [6.45, 7) is 9.01. The van der Waals surface area contributed by atoms with Gasteiger partial charge < -0.3 is 24.3 Å². The number of likely N-dealkylation sites (tertiary alicyclic amines) is 1. The van der Waals surface area contributed by atoms with Crippen LogP contribution >= 0.6 is 0 Å². The number of hydrogen-bond donors (Lipinski definition) is 2. The molecule has 60 heavy (non-hydrogen) atoms. The number of rotatable bonds is 10. The van der Waals surface area contributed by atoms with Crippen LogP contribution in [0.1, 0.15) is 74.2 Å². The van der Waals surface area contributed by atoms with Crippen molar-refractivity contribution in [3.63, 3.8) is 0 Å².